The van der Waals surface area contributed by atoms with E-state index in [1.54, 1.807) is 7.05 Å². The molecule has 1 rings (SSSR count). The Bertz CT molecular complexity index is 294. The van der Waals surface area contributed by atoms with Gasteiger partial charge in [0, 0.05) is 12.6 Å². The average Bonchev–Trinajstić information content (AvgIpc) is 2.81. The van der Waals surface area contributed by atoms with E-state index >= 15 is 0 Å². The Labute approximate surface area is 108 Å². The number of nitrogens with one attached hydrogen (secondary N) is 3. The summed E-state index contributed by atoms with van der Waals surface area (Å²) in [5, 5.41) is 8.43. The summed E-state index contributed by atoms with van der Waals surface area (Å²) in [6.45, 7) is 5.64. The molecule has 0 bridgehead atoms. The Morgan fingerprint density at radius 3 is 2.61 bits per heavy atom. The monoisotopic (exact) mass is 257 g/mol. The molecule has 2 amide bonds. The van der Waals surface area contributed by atoms with Gasteiger partial charge >= 0.3 is 0 Å². The predicted molar refractivity (Wildman–Crippen MR) is 68.0 cm³/mol. The van der Waals surface area contributed by atoms with Crippen molar-refractivity contribution in [1.29, 1.82) is 0 Å². The van der Waals surface area contributed by atoms with Crippen LogP contribution in [0.25, 0.3) is 0 Å². The molecule has 2 unspecified atom stereocenters. The molecule has 6 heteroatoms. The fraction of sp³-hybridized carbons (Fsp3) is 0.833. The zero-order valence-electron chi connectivity index (χ0n) is 11.3. The summed E-state index contributed by atoms with van der Waals surface area (Å²) >= 11 is 0. The maximum atomic E-state index is 11.8. The maximum absolute atomic E-state index is 11.8. The topological polar surface area (TPSA) is 79.5 Å². The molecule has 18 heavy (non-hydrogen) atoms. The molecular formula is C12H23N3O3. The van der Waals surface area contributed by atoms with Gasteiger partial charge in [0.25, 0.3) is 0 Å². The van der Waals surface area contributed by atoms with Gasteiger partial charge in [0.15, 0.2) is 0 Å². The van der Waals surface area contributed by atoms with E-state index < -0.39 is 0 Å². The van der Waals surface area contributed by atoms with Gasteiger partial charge < -0.3 is 20.7 Å². The smallest absolute Gasteiger partial charge is 0.239 e. The second kappa shape index (κ2) is 7.33. The lowest BCUT2D eigenvalue weighted by Crippen LogP contribution is -2.45. The van der Waals surface area contributed by atoms with Crippen LogP contribution in [0, 0.1) is 11.8 Å². The molecule has 0 aromatic rings. The molecule has 1 saturated heterocycles. The Morgan fingerprint density at radius 2 is 2.00 bits per heavy atom. The normalized spacial score (nSPS) is 23.1. The fourth-order valence-electron chi connectivity index (χ4n) is 1.78. The molecule has 1 heterocycles. The molecule has 0 aromatic carbocycles. The largest absolute Gasteiger partial charge is 0.379 e. The van der Waals surface area contributed by atoms with E-state index in [0.717, 1.165) is 0 Å². The second-order valence-corrected chi connectivity index (χ2v) is 4.95. The summed E-state index contributed by atoms with van der Waals surface area (Å²) in [5.41, 5.74) is 0. The van der Waals surface area contributed by atoms with Crippen LogP contribution in [-0.2, 0) is 14.3 Å². The number of carbonyl (C=O) groups excluding carboxylic acids is 2. The highest BCUT2D eigenvalue weighted by atomic mass is 16.5. The summed E-state index contributed by atoms with van der Waals surface area (Å²) < 4.78 is 5.24. The molecule has 1 fully saturated rings. The van der Waals surface area contributed by atoms with Gasteiger partial charge in [-0.2, -0.15) is 0 Å². The van der Waals surface area contributed by atoms with Gasteiger partial charge in [-0.3, -0.25) is 9.59 Å². The first-order chi connectivity index (χ1) is 8.54. The zero-order chi connectivity index (χ0) is 13.5. The highest BCUT2D eigenvalue weighted by Gasteiger charge is 2.32. The zero-order valence-corrected chi connectivity index (χ0v) is 11.3. The summed E-state index contributed by atoms with van der Waals surface area (Å²) in [4.78, 5) is 23.3. The number of hydrogen-bond acceptors (Lipinski definition) is 4. The van der Waals surface area contributed by atoms with Gasteiger partial charge in [0.1, 0.15) is 0 Å². The van der Waals surface area contributed by atoms with Crippen molar-refractivity contribution >= 4 is 11.8 Å². The second-order valence-electron chi connectivity index (χ2n) is 4.95. The molecule has 1 aliphatic heterocycles. The third kappa shape index (κ3) is 4.62. The molecular weight excluding hydrogens is 234 g/mol. The van der Waals surface area contributed by atoms with Crippen molar-refractivity contribution in [3.8, 4) is 0 Å². The lowest BCUT2D eigenvalue weighted by molar-refractivity contribution is -0.128. The van der Waals surface area contributed by atoms with E-state index in [2.05, 4.69) is 16.0 Å². The molecule has 6 nitrogen and oxygen atoms in total. The fourth-order valence-corrected chi connectivity index (χ4v) is 1.78. The van der Waals surface area contributed by atoms with Crippen molar-refractivity contribution < 1.29 is 14.3 Å². The van der Waals surface area contributed by atoms with Gasteiger partial charge in [-0.05, 0) is 13.0 Å². The minimum absolute atomic E-state index is 0.0263. The van der Waals surface area contributed by atoms with Crippen LogP contribution in [0.15, 0.2) is 0 Å². The van der Waals surface area contributed by atoms with Crippen LogP contribution in [0.4, 0.5) is 0 Å². The minimum Gasteiger partial charge on any atom is -0.379 e. The Hall–Kier alpha value is -1.14. The van der Waals surface area contributed by atoms with E-state index in [9.17, 15) is 9.59 Å². The van der Waals surface area contributed by atoms with Crippen molar-refractivity contribution in [2.45, 2.75) is 19.9 Å². The van der Waals surface area contributed by atoms with Crippen molar-refractivity contribution in [2.24, 2.45) is 11.8 Å². The van der Waals surface area contributed by atoms with Crippen LogP contribution >= 0.6 is 0 Å². The number of ether oxygens (including phenoxy) is 1. The summed E-state index contributed by atoms with van der Waals surface area (Å²) in [7, 11) is 1.80. The van der Waals surface area contributed by atoms with Crippen LogP contribution in [0.1, 0.15) is 13.8 Å². The highest BCUT2D eigenvalue weighted by Crippen LogP contribution is 2.12. The number of likely N-dealkylation sites (N-methyl/N-ethyl adjacent to an activating group) is 1. The first-order valence-corrected chi connectivity index (χ1v) is 6.34. The van der Waals surface area contributed by atoms with Crippen molar-refractivity contribution in [2.75, 3.05) is 33.4 Å². The lowest BCUT2D eigenvalue weighted by atomic mass is 10.0. The predicted octanol–water partition coefficient (Wildman–Crippen LogP) is -0.891. The molecule has 0 saturated carbocycles. The van der Waals surface area contributed by atoms with Gasteiger partial charge in [-0.25, -0.2) is 0 Å². The molecule has 0 radical (unpaired) electrons. The quantitative estimate of drug-likeness (QED) is 0.577. The number of amides is 2. The van der Waals surface area contributed by atoms with Crippen LogP contribution in [0.2, 0.25) is 0 Å². The van der Waals surface area contributed by atoms with Crippen LogP contribution in [0.3, 0.4) is 0 Å². The summed E-state index contributed by atoms with van der Waals surface area (Å²) in [5.74, 6) is -0.0991. The number of hydrogen-bond donors (Lipinski definition) is 3. The van der Waals surface area contributed by atoms with Crippen LogP contribution in [-0.4, -0.2) is 51.2 Å². The molecule has 104 valence electrons. The van der Waals surface area contributed by atoms with Crippen molar-refractivity contribution in [1.82, 2.24) is 16.0 Å². The molecule has 3 N–H and O–H groups in total. The highest BCUT2D eigenvalue weighted by molar-refractivity contribution is 5.86. The average molecular weight is 257 g/mol. The van der Waals surface area contributed by atoms with Gasteiger partial charge in [-0.1, -0.05) is 13.8 Å². The Balaban J connectivity index is 2.26. The first-order valence-electron chi connectivity index (χ1n) is 6.34. The molecule has 1 aliphatic rings. The Kier molecular flexibility index (Phi) is 6.07. The standard InChI is InChI=1S/C12H23N3O3/c1-8(2)4-14-11(16)5-15-12(17)9-6-18-7-10(9)13-3/h8-10,13H,4-7H2,1-3H3,(H,14,16)(H,15,17). The van der Waals surface area contributed by atoms with Gasteiger partial charge in [-0.15, -0.1) is 0 Å². The van der Waals surface area contributed by atoms with Crippen LogP contribution < -0.4 is 16.0 Å². The SMILES string of the molecule is CNC1COCC1C(=O)NCC(=O)NCC(C)C. The Morgan fingerprint density at radius 1 is 1.28 bits per heavy atom. The molecule has 0 aliphatic carbocycles. The molecule has 2 atom stereocenters. The van der Waals surface area contributed by atoms with E-state index in [4.69, 9.17) is 4.74 Å². The number of carbonyl (C=O) groups is 2. The van der Waals surface area contributed by atoms with E-state index in [1.165, 1.54) is 0 Å². The molecule has 0 aromatic heterocycles. The van der Waals surface area contributed by atoms with Crippen molar-refractivity contribution in [3.05, 3.63) is 0 Å². The summed E-state index contributed by atoms with van der Waals surface area (Å²) in [6, 6.07) is 0.0312. The summed E-state index contributed by atoms with van der Waals surface area (Å²) in [6.07, 6.45) is 0. The lowest BCUT2D eigenvalue weighted by Gasteiger charge is -2.16. The van der Waals surface area contributed by atoms with Gasteiger partial charge in [0.2, 0.25) is 11.8 Å². The third-order valence-electron chi connectivity index (χ3n) is 2.92. The molecule has 0 spiro atoms. The van der Waals surface area contributed by atoms with E-state index in [-0.39, 0.29) is 30.3 Å². The first kappa shape index (κ1) is 14.9. The minimum atomic E-state index is -0.215. The van der Waals surface area contributed by atoms with Crippen molar-refractivity contribution in [3.63, 3.8) is 0 Å². The third-order valence-corrected chi connectivity index (χ3v) is 2.92. The van der Waals surface area contributed by atoms with Crippen LogP contribution in [0.5, 0.6) is 0 Å². The maximum Gasteiger partial charge on any atom is 0.239 e. The number of rotatable bonds is 6. The van der Waals surface area contributed by atoms with Gasteiger partial charge in [0.05, 0.1) is 25.7 Å². The van der Waals surface area contributed by atoms with E-state index in [0.29, 0.717) is 25.7 Å². The van der Waals surface area contributed by atoms with E-state index in [1.807, 2.05) is 13.8 Å².